The van der Waals surface area contributed by atoms with Gasteiger partial charge in [0.15, 0.2) is 11.4 Å². The van der Waals surface area contributed by atoms with E-state index in [1.54, 1.807) is 16.6 Å². The highest BCUT2D eigenvalue weighted by Crippen LogP contribution is 2.44. The molecule has 1 aliphatic heterocycles. The highest BCUT2D eigenvalue weighted by Gasteiger charge is 2.45. The zero-order valence-corrected chi connectivity index (χ0v) is 16.6. The maximum atomic E-state index is 11.9. The number of ether oxygens (including phenoxy) is 3. The van der Waals surface area contributed by atoms with E-state index in [1.165, 1.54) is 6.33 Å². The first-order valence-electron chi connectivity index (χ1n) is 9.79. The predicted octanol–water partition coefficient (Wildman–Crippen LogP) is 2.80. The maximum absolute atomic E-state index is 11.9. The number of hydrogen-bond donors (Lipinski definition) is 1. The SMILES string of the molecule is CC1(C)CC(COC(=O)OC[C@@H]2CC[C@](C#N)(c3ccc4c(N)ncnn34)O2)C1. The zero-order valence-electron chi connectivity index (χ0n) is 16.6. The Bertz CT molecular complexity index is 957. The van der Waals surface area contributed by atoms with Crippen LogP contribution in [0.15, 0.2) is 18.5 Å². The number of nitriles is 1. The number of nitrogens with zero attached hydrogens (tertiary/aromatic N) is 4. The van der Waals surface area contributed by atoms with Crippen LogP contribution in [0.4, 0.5) is 10.6 Å². The quantitative estimate of drug-likeness (QED) is 0.761. The Morgan fingerprint density at radius 1 is 1.38 bits per heavy atom. The zero-order chi connectivity index (χ0) is 20.6. The lowest BCUT2D eigenvalue weighted by Gasteiger charge is -2.42. The summed E-state index contributed by atoms with van der Waals surface area (Å²) < 4.78 is 18.0. The molecular weight excluding hydrogens is 374 g/mol. The Labute approximate surface area is 168 Å². The Balaban J connectivity index is 1.33. The first-order valence-corrected chi connectivity index (χ1v) is 9.79. The lowest BCUT2D eigenvalue weighted by atomic mass is 9.65. The van der Waals surface area contributed by atoms with Gasteiger partial charge in [0.1, 0.15) is 24.5 Å². The van der Waals surface area contributed by atoms with E-state index in [9.17, 15) is 10.1 Å². The minimum Gasteiger partial charge on any atom is -0.434 e. The van der Waals surface area contributed by atoms with Crippen molar-refractivity contribution in [3.05, 3.63) is 24.2 Å². The standard InChI is InChI=1S/C20H25N5O4/c1-19(2)7-13(8-19)9-27-18(26)28-10-14-5-6-20(11-21,29-14)16-4-3-15-17(22)23-12-24-25(15)16/h3-4,12-14H,5-10H2,1-2H3,(H2,22,23,24)/t14-,20-/m0/s1. The van der Waals surface area contributed by atoms with Crippen LogP contribution in [-0.4, -0.2) is 40.1 Å². The van der Waals surface area contributed by atoms with Gasteiger partial charge in [-0.3, -0.25) is 0 Å². The van der Waals surface area contributed by atoms with Crippen molar-refractivity contribution in [2.45, 2.75) is 51.2 Å². The summed E-state index contributed by atoms with van der Waals surface area (Å²) in [7, 11) is 0. The highest BCUT2D eigenvalue weighted by atomic mass is 16.7. The molecule has 29 heavy (non-hydrogen) atoms. The predicted molar refractivity (Wildman–Crippen MR) is 103 cm³/mol. The lowest BCUT2D eigenvalue weighted by molar-refractivity contribution is -0.0521. The Morgan fingerprint density at radius 3 is 2.86 bits per heavy atom. The highest BCUT2D eigenvalue weighted by molar-refractivity contribution is 5.66. The van der Waals surface area contributed by atoms with Crippen LogP contribution in [0, 0.1) is 22.7 Å². The maximum Gasteiger partial charge on any atom is 0.508 e. The van der Waals surface area contributed by atoms with E-state index in [-0.39, 0.29) is 6.61 Å². The van der Waals surface area contributed by atoms with Crippen molar-refractivity contribution in [1.82, 2.24) is 14.6 Å². The van der Waals surface area contributed by atoms with Gasteiger partial charge in [0, 0.05) is 0 Å². The molecule has 154 valence electrons. The third-order valence-electron chi connectivity index (χ3n) is 5.77. The molecule has 0 spiro atoms. The van der Waals surface area contributed by atoms with Crippen LogP contribution in [0.2, 0.25) is 0 Å². The van der Waals surface area contributed by atoms with Gasteiger partial charge < -0.3 is 19.9 Å². The minimum atomic E-state index is -1.18. The summed E-state index contributed by atoms with van der Waals surface area (Å²) in [6.45, 7) is 4.83. The number of carbonyl (C=O) groups excluding carboxylic acids is 1. The number of carbonyl (C=O) groups is 1. The molecule has 2 fully saturated rings. The molecule has 0 amide bonds. The molecule has 1 saturated heterocycles. The van der Waals surface area contributed by atoms with E-state index < -0.39 is 17.9 Å². The van der Waals surface area contributed by atoms with Crippen LogP contribution in [0.3, 0.4) is 0 Å². The van der Waals surface area contributed by atoms with Gasteiger partial charge in [-0.2, -0.15) is 10.4 Å². The summed E-state index contributed by atoms with van der Waals surface area (Å²) >= 11 is 0. The fourth-order valence-electron chi connectivity index (χ4n) is 4.48. The van der Waals surface area contributed by atoms with E-state index in [0.29, 0.717) is 47.8 Å². The molecule has 0 bridgehead atoms. The number of hydrogen-bond acceptors (Lipinski definition) is 8. The molecule has 3 heterocycles. The number of rotatable bonds is 5. The topological polar surface area (TPSA) is 125 Å². The van der Waals surface area contributed by atoms with E-state index in [0.717, 1.165) is 12.8 Å². The summed E-state index contributed by atoms with van der Waals surface area (Å²) in [5.74, 6) is 0.735. The number of nitrogens with two attached hydrogens (primary N) is 1. The second-order valence-electron chi connectivity index (χ2n) is 8.69. The molecule has 4 rings (SSSR count). The first kappa shape index (κ1) is 19.5. The van der Waals surface area contributed by atoms with Gasteiger partial charge in [-0.1, -0.05) is 13.8 Å². The molecule has 9 heteroatoms. The van der Waals surface area contributed by atoms with Crippen molar-refractivity contribution in [1.29, 1.82) is 5.26 Å². The van der Waals surface area contributed by atoms with Crippen molar-refractivity contribution in [2.75, 3.05) is 18.9 Å². The molecule has 0 aromatic carbocycles. The number of nitrogen functional groups attached to an aromatic ring is 1. The molecule has 2 aliphatic rings. The van der Waals surface area contributed by atoms with Crippen LogP contribution in [-0.2, 0) is 19.8 Å². The Morgan fingerprint density at radius 2 is 2.14 bits per heavy atom. The van der Waals surface area contributed by atoms with E-state index in [2.05, 4.69) is 30.0 Å². The normalized spacial score (nSPS) is 26.0. The Hall–Kier alpha value is -2.86. The third-order valence-corrected chi connectivity index (χ3v) is 5.77. The first-order chi connectivity index (χ1) is 13.8. The lowest BCUT2D eigenvalue weighted by Crippen LogP contribution is -2.35. The van der Waals surface area contributed by atoms with Gasteiger partial charge in [-0.15, -0.1) is 0 Å². The molecule has 9 nitrogen and oxygen atoms in total. The van der Waals surface area contributed by atoms with Crippen LogP contribution in [0.25, 0.3) is 5.52 Å². The summed E-state index contributed by atoms with van der Waals surface area (Å²) in [4.78, 5) is 15.8. The third kappa shape index (κ3) is 3.72. The van der Waals surface area contributed by atoms with Crippen molar-refractivity contribution in [3.63, 3.8) is 0 Å². The second-order valence-corrected chi connectivity index (χ2v) is 8.69. The molecule has 0 unspecified atom stereocenters. The van der Waals surface area contributed by atoms with Crippen LogP contribution >= 0.6 is 0 Å². The summed E-state index contributed by atoms with van der Waals surface area (Å²) in [6, 6.07) is 5.78. The summed E-state index contributed by atoms with van der Waals surface area (Å²) in [6.07, 6.45) is 3.39. The van der Waals surface area contributed by atoms with Crippen LogP contribution in [0.1, 0.15) is 45.2 Å². The fourth-order valence-corrected chi connectivity index (χ4v) is 4.48. The molecular formula is C20H25N5O4. The molecule has 2 atom stereocenters. The van der Waals surface area contributed by atoms with E-state index in [4.69, 9.17) is 19.9 Å². The second kappa shape index (κ2) is 7.19. The number of fused-ring (bicyclic) bond motifs is 1. The average molecular weight is 399 g/mol. The van der Waals surface area contributed by atoms with E-state index >= 15 is 0 Å². The minimum absolute atomic E-state index is 0.0405. The van der Waals surface area contributed by atoms with Crippen molar-refractivity contribution in [2.24, 2.45) is 11.3 Å². The Kier molecular flexibility index (Phi) is 4.82. The number of aromatic nitrogens is 3. The van der Waals surface area contributed by atoms with Gasteiger partial charge in [-0.05, 0) is 49.1 Å². The summed E-state index contributed by atoms with van der Waals surface area (Å²) in [5, 5.41) is 14.0. The average Bonchev–Trinajstić information content (AvgIpc) is 3.28. The molecule has 2 aromatic heterocycles. The molecule has 2 N–H and O–H groups in total. The van der Waals surface area contributed by atoms with E-state index in [1.807, 2.05) is 0 Å². The van der Waals surface area contributed by atoms with Gasteiger partial charge in [0.25, 0.3) is 0 Å². The van der Waals surface area contributed by atoms with Gasteiger partial charge in [0.2, 0.25) is 0 Å². The largest absolute Gasteiger partial charge is 0.508 e. The van der Waals surface area contributed by atoms with Crippen LogP contribution < -0.4 is 5.73 Å². The number of anilines is 1. The molecule has 1 aliphatic carbocycles. The van der Waals surface area contributed by atoms with Gasteiger partial charge >= 0.3 is 6.16 Å². The summed E-state index contributed by atoms with van der Waals surface area (Å²) in [5.41, 5.74) is 6.24. The molecule has 0 radical (unpaired) electrons. The monoisotopic (exact) mass is 399 g/mol. The smallest absolute Gasteiger partial charge is 0.434 e. The molecule has 1 saturated carbocycles. The molecule has 2 aromatic rings. The van der Waals surface area contributed by atoms with Crippen molar-refractivity contribution in [3.8, 4) is 6.07 Å². The van der Waals surface area contributed by atoms with Gasteiger partial charge in [-0.25, -0.2) is 14.3 Å². The fraction of sp³-hybridized carbons (Fsp3) is 0.600. The van der Waals surface area contributed by atoms with Crippen LogP contribution in [0.5, 0.6) is 0 Å². The van der Waals surface area contributed by atoms with Crippen molar-refractivity contribution < 1.29 is 19.0 Å². The van der Waals surface area contributed by atoms with Gasteiger partial charge in [0.05, 0.1) is 18.4 Å². The van der Waals surface area contributed by atoms with Crippen molar-refractivity contribution >= 4 is 17.5 Å².